The van der Waals surface area contributed by atoms with E-state index in [2.05, 4.69) is 30.7 Å². The molecule has 0 spiro atoms. The normalized spacial score (nSPS) is 11.0. The van der Waals surface area contributed by atoms with Gasteiger partial charge in [-0.25, -0.2) is 14.0 Å². The van der Waals surface area contributed by atoms with Crippen molar-refractivity contribution in [3.8, 4) is 0 Å². The third-order valence-electron chi connectivity index (χ3n) is 2.24. The fraction of sp³-hybridized carbons (Fsp3) is 0.167. The van der Waals surface area contributed by atoms with Crippen LogP contribution in [0.2, 0.25) is 10.0 Å². The molecule has 0 saturated carbocycles. The Bertz CT molecular complexity index is 622. The molecule has 114 valence electrons. The van der Waals surface area contributed by atoms with Crippen molar-refractivity contribution in [2.45, 2.75) is 0 Å². The van der Waals surface area contributed by atoms with E-state index in [1.165, 1.54) is 6.07 Å². The molecule has 1 rings (SSSR count). The summed E-state index contributed by atoms with van der Waals surface area (Å²) in [6.45, 7) is 0. The molecule has 0 amide bonds. The monoisotopic (exact) mass is 399 g/mol. The number of halogens is 4. The summed E-state index contributed by atoms with van der Waals surface area (Å²) in [4.78, 5) is 22.8. The Morgan fingerprint density at radius 3 is 2.48 bits per heavy atom. The van der Waals surface area contributed by atoms with E-state index < -0.39 is 17.8 Å². The molecule has 1 N–H and O–H groups in total. The largest absolute Gasteiger partial charge is 0.466 e. The Balaban J connectivity index is 3.28. The number of ether oxygens (including phenoxy) is 2. The van der Waals surface area contributed by atoms with Gasteiger partial charge in [0.1, 0.15) is 10.7 Å². The van der Waals surface area contributed by atoms with E-state index in [-0.39, 0.29) is 21.4 Å². The summed E-state index contributed by atoms with van der Waals surface area (Å²) in [5, 5.41) is 1.96. The number of carbonyl (C=O) groups excluding carboxylic acids is 2. The highest BCUT2D eigenvalue weighted by Gasteiger charge is 2.19. The molecule has 0 atom stereocenters. The van der Waals surface area contributed by atoms with E-state index in [0.717, 1.165) is 20.3 Å². The van der Waals surface area contributed by atoms with Crippen LogP contribution >= 0.6 is 39.1 Å². The van der Waals surface area contributed by atoms with Gasteiger partial charge in [-0.1, -0.05) is 23.2 Å². The number of esters is 2. The van der Waals surface area contributed by atoms with Crippen LogP contribution in [0.3, 0.4) is 0 Å². The van der Waals surface area contributed by atoms with Gasteiger partial charge in [0.25, 0.3) is 0 Å². The van der Waals surface area contributed by atoms with Crippen LogP contribution in [0.1, 0.15) is 0 Å². The molecule has 0 aliphatic carbocycles. The highest BCUT2D eigenvalue weighted by atomic mass is 79.9. The topological polar surface area (TPSA) is 64.6 Å². The van der Waals surface area contributed by atoms with Gasteiger partial charge in [-0.05, 0) is 22.0 Å². The molecule has 0 saturated heterocycles. The Hall–Kier alpha value is -1.31. The van der Waals surface area contributed by atoms with Crippen molar-refractivity contribution < 1.29 is 23.5 Å². The molecule has 21 heavy (non-hydrogen) atoms. The summed E-state index contributed by atoms with van der Waals surface area (Å²) in [7, 11) is 2.26. The first kappa shape index (κ1) is 17.7. The third-order valence-corrected chi connectivity index (χ3v) is 3.50. The second-order valence-electron chi connectivity index (χ2n) is 3.54. The number of hydrogen-bond donors (Lipinski definition) is 1. The van der Waals surface area contributed by atoms with E-state index in [4.69, 9.17) is 23.2 Å². The summed E-state index contributed by atoms with van der Waals surface area (Å²) >= 11 is 14.6. The van der Waals surface area contributed by atoms with Crippen molar-refractivity contribution in [1.29, 1.82) is 0 Å². The van der Waals surface area contributed by atoms with Gasteiger partial charge in [-0.2, -0.15) is 0 Å². The zero-order valence-electron chi connectivity index (χ0n) is 10.8. The summed E-state index contributed by atoms with van der Waals surface area (Å²) < 4.78 is 22.9. The van der Waals surface area contributed by atoms with Crippen molar-refractivity contribution >= 4 is 56.8 Å². The van der Waals surface area contributed by atoms with Crippen LogP contribution in [0.15, 0.2) is 22.3 Å². The standard InChI is InChI=1S/C12H9BrCl2FNO4/c1-20-8(18)4-7(12(19)21-2)17-11-5(13)3-6(14)10(16)9(11)15/h3-4,17H,1-2H3/b7-4+. The van der Waals surface area contributed by atoms with Gasteiger partial charge in [-0.3, -0.25) is 0 Å². The molecule has 0 unspecified atom stereocenters. The van der Waals surface area contributed by atoms with Crippen LogP contribution in [-0.2, 0) is 19.1 Å². The molecule has 9 heteroatoms. The lowest BCUT2D eigenvalue weighted by molar-refractivity contribution is -0.138. The molecule has 0 heterocycles. The van der Waals surface area contributed by atoms with Gasteiger partial charge < -0.3 is 14.8 Å². The summed E-state index contributed by atoms with van der Waals surface area (Å²) in [6.07, 6.45) is 0.848. The maximum atomic E-state index is 13.7. The lowest BCUT2D eigenvalue weighted by Gasteiger charge is -2.13. The number of carbonyl (C=O) groups is 2. The molecule has 0 fully saturated rings. The van der Waals surface area contributed by atoms with E-state index in [9.17, 15) is 14.0 Å². The SMILES string of the molecule is COC(=O)/C=C(/Nc1c(Br)cc(Cl)c(F)c1Cl)C(=O)OC. The average Bonchev–Trinajstić information content (AvgIpc) is 2.46. The third kappa shape index (κ3) is 4.33. The number of anilines is 1. The van der Waals surface area contributed by atoms with E-state index in [1.54, 1.807) is 0 Å². The average molecular weight is 401 g/mol. The maximum absolute atomic E-state index is 13.7. The van der Waals surface area contributed by atoms with Crippen molar-refractivity contribution in [1.82, 2.24) is 0 Å². The van der Waals surface area contributed by atoms with Crippen LogP contribution in [0.25, 0.3) is 0 Å². The van der Waals surface area contributed by atoms with E-state index in [1.807, 2.05) is 0 Å². The zero-order valence-corrected chi connectivity index (χ0v) is 13.9. The first-order chi connectivity index (χ1) is 9.81. The number of benzene rings is 1. The summed E-state index contributed by atoms with van der Waals surface area (Å²) in [5.41, 5.74) is -0.271. The maximum Gasteiger partial charge on any atom is 0.354 e. The molecule has 0 bridgehead atoms. The summed E-state index contributed by atoms with van der Waals surface area (Å²) in [5.74, 6) is -2.53. The van der Waals surface area contributed by atoms with Crippen molar-refractivity contribution in [3.63, 3.8) is 0 Å². The fourth-order valence-electron chi connectivity index (χ4n) is 1.25. The van der Waals surface area contributed by atoms with Crippen LogP contribution in [0, 0.1) is 5.82 Å². The minimum atomic E-state index is -0.869. The van der Waals surface area contributed by atoms with Gasteiger partial charge in [0, 0.05) is 4.47 Å². The number of rotatable bonds is 4. The zero-order chi connectivity index (χ0) is 16.2. The molecule has 0 radical (unpaired) electrons. The molecular weight excluding hydrogens is 392 g/mol. The predicted molar refractivity (Wildman–Crippen MR) is 79.9 cm³/mol. The second kappa shape index (κ2) is 7.63. The summed E-state index contributed by atoms with van der Waals surface area (Å²) in [6, 6.07) is 1.25. The fourth-order valence-corrected chi connectivity index (χ4v) is 2.52. The molecule has 1 aromatic rings. The van der Waals surface area contributed by atoms with Crippen LogP contribution in [0.5, 0.6) is 0 Å². The Morgan fingerprint density at radius 2 is 1.95 bits per heavy atom. The molecule has 5 nitrogen and oxygen atoms in total. The highest BCUT2D eigenvalue weighted by molar-refractivity contribution is 9.10. The minimum absolute atomic E-state index is 0.0131. The number of nitrogens with one attached hydrogen (secondary N) is 1. The number of hydrogen-bond acceptors (Lipinski definition) is 5. The lowest BCUT2D eigenvalue weighted by Crippen LogP contribution is -2.16. The number of methoxy groups -OCH3 is 2. The first-order valence-corrected chi connectivity index (χ1v) is 6.84. The minimum Gasteiger partial charge on any atom is -0.466 e. The van der Waals surface area contributed by atoms with Crippen LogP contribution in [0.4, 0.5) is 10.1 Å². The van der Waals surface area contributed by atoms with Gasteiger partial charge in [-0.15, -0.1) is 0 Å². The lowest BCUT2D eigenvalue weighted by atomic mass is 10.2. The molecule has 0 aliphatic rings. The second-order valence-corrected chi connectivity index (χ2v) is 5.18. The smallest absolute Gasteiger partial charge is 0.354 e. The molecule has 0 aliphatic heterocycles. The van der Waals surface area contributed by atoms with Gasteiger partial charge >= 0.3 is 11.9 Å². The van der Waals surface area contributed by atoms with E-state index in [0.29, 0.717) is 4.47 Å². The van der Waals surface area contributed by atoms with Gasteiger partial charge in [0.15, 0.2) is 5.82 Å². The van der Waals surface area contributed by atoms with Gasteiger partial charge in [0.05, 0.1) is 31.0 Å². The Kier molecular flexibility index (Phi) is 6.44. The van der Waals surface area contributed by atoms with Crippen LogP contribution < -0.4 is 5.32 Å². The predicted octanol–water partition coefficient (Wildman–Crippen LogP) is 3.54. The van der Waals surface area contributed by atoms with E-state index >= 15 is 0 Å². The Morgan fingerprint density at radius 1 is 1.33 bits per heavy atom. The first-order valence-electron chi connectivity index (χ1n) is 5.29. The van der Waals surface area contributed by atoms with Crippen molar-refractivity contribution in [3.05, 3.63) is 38.2 Å². The van der Waals surface area contributed by atoms with Crippen molar-refractivity contribution in [2.75, 3.05) is 19.5 Å². The highest BCUT2D eigenvalue weighted by Crippen LogP contribution is 2.37. The van der Waals surface area contributed by atoms with Gasteiger partial charge in [0.2, 0.25) is 0 Å². The van der Waals surface area contributed by atoms with Crippen LogP contribution in [-0.4, -0.2) is 26.2 Å². The molecule has 1 aromatic carbocycles. The quantitative estimate of drug-likeness (QED) is 0.362. The van der Waals surface area contributed by atoms with Crippen molar-refractivity contribution in [2.24, 2.45) is 0 Å². The molecular formula is C12H9BrCl2FNO4. The molecule has 0 aromatic heterocycles. The Labute approximate surface area is 138 Å².